The molecule has 0 radical (unpaired) electrons. The van der Waals surface area contributed by atoms with Crippen molar-refractivity contribution >= 4 is 45.9 Å². The highest BCUT2D eigenvalue weighted by Gasteiger charge is 2.11. The highest BCUT2D eigenvalue weighted by atomic mass is 35.5. The maximum Gasteiger partial charge on any atom is 0.149 e. The molecule has 0 saturated carbocycles. The van der Waals surface area contributed by atoms with Crippen LogP contribution in [0.1, 0.15) is 22.5 Å². The molecule has 0 unspecified atom stereocenters. The minimum atomic E-state index is 0.284. The van der Waals surface area contributed by atoms with Crippen LogP contribution < -0.4 is 4.74 Å². The molecule has 148 valence electrons. The maximum atomic E-state index is 9.73. The summed E-state index contributed by atoms with van der Waals surface area (Å²) in [4.78, 5) is 7.77. The number of aromatic nitrogens is 2. The number of H-pyrrole nitrogens is 1. The Bertz CT molecular complexity index is 1300. The summed E-state index contributed by atoms with van der Waals surface area (Å²) in [6, 6.07) is 21.0. The molecule has 4 rings (SSSR count). The average Bonchev–Trinajstić information content (AvgIpc) is 3.15. The van der Waals surface area contributed by atoms with Crippen LogP contribution in [-0.2, 0) is 6.61 Å². The average molecular weight is 434 g/mol. The van der Waals surface area contributed by atoms with Gasteiger partial charge in [0.15, 0.2) is 0 Å². The van der Waals surface area contributed by atoms with Gasteiger partial charge in [0.1, 0.15) is 24.3 Å². The largest absolute Gasteiger partial charge is 0.488 e. The first-order valence-electron chi connectivity index (χ1n) is 9.28. The number of ether oxygens (including phenoxy) is 1. The van der Waals surface area contributed by atoms with Crippen molar-refractivity contribution in [1.29, 1.82) is 5.26 Å². The van der Waals surface area contributed by atoms with Crippen molar-refractivity contribution in [3.05, 3.63) is 93.2 Å². The predicted molar refractivity (Wildman–Crippen MR) is 122 cm³/mol. The van der Waals surface area contributed by atoms with E-state index in [4.69, 9.17) is 27.9 Å². The predicted octanol–water partition coefficient (Wildman–Crippen LogP) is 6.82. The van der Waals surface area contributed by atoms with Gasteiger partial charge < -0.3 is 9.72 Å². The zero-order chi connectivity index (χ0) is 21.1. The van der Waals surface area contributed by atoms with Crippen LogP contribution in [0.3, 0.4) is 0 Å². The van der Waals surface area contributed by atoms with Gasteiger partial charge in [0.25, 0.3) is 0 Å². The first kappa shape index (κ1) is 20.0. The van der Waals surface area contributed by atoms with Gasteiger partial charge in [-0.25, -0.2) is 4.98 Å². The van der Waals surface area contributed by atoms with E-state index in [1.165, 1.54) is 0 Å². The molecule has 1 N–H and O–H groups in total. The highest BCUT2D eigenvalue weighted by Crippen LogP contribution is 2.27. The number of halogens is 2. The van der Waals surface area contributed by atoms with E-state index in [1.54, 1.807) is 18.2 Å². The molecule has 4 nitrogen and oxygen atoms in total. The van der Waals surface area contributed by atoms with E-state index in [2.05, 4.69) is 16.0 Å². The van der Waals surface area contributed by atoms with Gasteiger partial charge in [0, 0.05) is 21.2 Å². The molecule has 6 heteroatoms. The Labute approximate surface area is 184 Å². The van der Waals surface area contributed by atoms with Crippen LogP contribution in [0.15, 0.2) is 60.7 Å². The number of nitriles is 1. The molecule has 0 spiro atoms. The van der Waals surface area contributed by atoms with Crippen molar-refractivity contribution in [1.82, 2.24) is 9.97 Å². The van der Waals surface area contributed by atoms with Gasteiger partial charge in [-0.2, -0.15) is 5.26 Å². The van der Waals surface area contributed by atoms with E-state index in [-0.39, 0.29) is 6.61 Å². The molecule has 0 atom stereocenters. The van der Waals surface area contributed by atoms with Crippen LogP contribution in [-0.4, -0.2) is 9.97 Å². The number of allylic oxidation sites excluding steroid dienone is 1. The summed E-state index contributed by atoms with van der Waals surface area (Å²) in [5.41, 5.74) is 4.86. The highest BCUT2D eigenvalue weighted by molar-refractivity contribution is 6.35. The standard InChI is InChI=1S/C24H17Cl2N3O/c1-15-6-9-21-22(10-15)29-24(28-21)18(13-27)11-16-4-2-3-5-23(16)30-14-17-7-8-19(25)12-20(17)26/h2-12H,14H2,1H3,(H,28,29)/b18-11-. The maximum absolute atomic E-state index is 9.73. The summed E-state index contributed by atoms with van der Waals surface area (Å²) in [5.74, 6) is 1.16. The summed E-state index contributed by atoms with van der Waals surface area (Å²) >= 11 is 12.2. The SMILES string of the molecule is Cc1ccc2nc(/C(C#N)=C\c3ccccc3OCc3ccc(Cl)cc3Cl)[nH]c2c1. The molecule has 0 aliphatic carbocycles. The van der Waals surface area contributed by atoms with Crippen LogP contribution in [0.5, 0.6) is 5.75 Å². The van der Waals surface area contributed by atoms with Crippen LogP contribution in [0, 0.1) is 18.3 Å². The Morgan fingerprint density at radius 2 is 1.97 bits per heavy atom. The van der Waals surface area contributed by atoms with E-state index in [1.807, 2.05) is 55.5 Å². The fourth-order valence-electron chi connectivity index (χ4n) is 3.09. The topological polar surface area (TPSA) is 61.7 Å². The van der Waals surface area contributed by atoms with Gasteiger partial charge in [0.05, 0.1) is 16.6 Å². The van der Waals surface area contributed by atoms with Gasteiger partial charge in [-0.15, -0.1) is 0 Å². The quantitative estimate of drug-likeness (QED) is 0.351. The van der Waals surface area contributed by atoms with Crippen molar-refractivity contribution in [2.75, 3.05) is 0 Å². The van der Waals surface area contributed by atoms with E-state index < -0.39 is 0 Å². The van der Waals surface area contributed by atoms with E-state index in [0.29, 0.717) is 27.2 Å². The van der Waals surface area contributed by atoms with E-state index in [0.717, 1.165) is 27.7 Å². The van der Waals surface area contributed by atoms with Gasteiger partial charge in [-0.3, -0.25) is 0 Å². The lowest BCUT2D eigenvalue weighted by molar-refractivity contribution is 0.305. The molecule has 1 heterocycles. The van der Waals surface area contributed by atoms with Crippen LogP contribution in [0.4, 0.5) is 0 Å². The molecule has 0 aliphatic rings. The Hall–Kier alpha value is -3.26. The second kappa shape index (κ2) is 8.62. The van der Waals surface area contributed by atoms with Crippen molar-refractivity contribution in [3.8, 4) is 11.8 Å². The second-order valence-electron chi connectivity index (χ2n) is 6.84. The number of aromatic amines is 1. The molecule has 0 fully saturated rings. The number of hydrogen-bond donors (Lipinski definition) is 1. The smallest absolute Gasteiger partial charge is 0.149 e. The first-order chi connectivity index (χ1) is 14.5. The number of rotatable bonds is 5. The number of hydrogen-bond acceptors (Lipinski definition) is 3. The number of imidazole rings is 1. The number of nitrogens with zero attached hydrogens (tertiary/aromatic N) is 2. The second-order valence-corrected chi connectivity index (χ2v) is 7.68. The zero-order valence-electron chi connectivity index (χ0n) is 16.1. The Morgan fingerprint density at radius 3 is 2.77 bits per heavy atom. The van der Waals surface area contributed by atoms with Crippen LogP contribution in [0.25, 0.3) is 22.7 Å². The summed E-state index contributed by atoms with van der Waals surface area (Å²) in [6.45, 7) is 2.30. The van der Waals surface area contributed by atoms with Crippen molar-refractivity contribution in [3.63, 3.8) is 0 Å². The number of para-hydroxylation sites is 1. The third kappa shape index (κ3) is 4.33. The van der Waals surface area contributed by atoms with Gasteiger partial charge >= 0.3 is 0 Å². The van der Waals surface area contributed by atoms with Crippen molar-refractivity contribution in [2.24, 2.45) is 0 Å². The van der Waals surface area contributed by atoms with Gasteiger partial charge in [-0.1, -0.05) is 53.5 Å². The number of benzene rings is 3. The van der Waals surface area contributed by atoms with Crippen molar-refractivity contribution in [2.45, 2.75) is 13.5 Å². The summed E-state index contributed by atoms with van der Waals surface area (Å²) in [5, 5.41) is 10.9. The van der Waals surface area contributed by atoms with Crippen LogP contribution in [0.2, 0.25) is 10.0 Å². The van der Waals surface area contributed by atoms with E-state index >= 15 is 0 Å². The monoisotopic (exact) mass is 433 g/mol. The Kier molecular flexibility index (Phi) is 5.76. The molecular formula is C24H17Cl2N3O. The third-order valence-corrected chi connectivity index (χ3v) is 5.22. The number of nitrogens with one attached hydrogen (secondary N) is 1. The lowest BCUT2D eigenvalue weighted by Gasteiger charge is -2.11. The minimum absolute atomic E-state index is 0.284. The molecule has 0 aliphatic heterocycles. The van der Waals surface area contributed by atoms with Crippen LogP contribution >= 0.6 is 23.2 Å². The van der Waals surface area contributed by atoms with E-state index in [9.17, 15) is 5.26 Å². The molecule has 0 bridgehead atoms. The minimum Gasteiger partial charge on any atom is -0.488 e. The fourth-order valence-corrected chi connectivity index (χ4v) is 3.55. The normalized spacial score (nSPS) is 11.5. The first-order valence-corrected chi connectivity index (χ1v) is 10.0. The summed E-state index contributed by atoms with van der Waals surface area (Å²) < 4.78 is 5.99. The molecular weight excluding hydrogens is 417 g/mol. The number of aryl methyl sites for hydroxylation is 1. The van der Waals surface area contributed by atoms with Gasteiger partial charge in [0.2, 0.25) is 0 Å². The number of fused-ring (bicyclic) bond motifs is 1. The Morgan fingerprint density at radius 1 is 1.13 bits per heavy atom. The lowest BCUT2D eigenvalue weighted by atomic mass is 10.1. The molecule has 0 amide bonds. The summed E-state index contributed by atoms with van der Waals surface area (Å²) in [6.07, 6.45) is 1.77. The molecule has 4 aromatic rings. The van der Waals surface area contributed by atoms with Gasteiger partial charge in [-0.05, 0) is 48.9 Å². The third-order valence-electron chi connectivity index (χ3n) is 4.63. The van der Waals surface area contributed by atoms with Crippen molar-refractivity contribution < 1.29 is 4.74 Å². The summed E-state index contributed by atoms with van der Waals surface area (Å²) in [7, 11) is 0. The molecule has 0 saturated heterocycles. The Balaban J connectivity index is 1.64. The lowest BCUT2D eigenvalue weighted by Crippen LogP contribution is -1.98. The fraction of sp³-hybridized carbons (Fsp3) is 0.0833. The molecule has 30 heavy (non-hydrogen) atoms. The zero-order valence-corrected chi connectivity index (χ0v) is 17.6. The molecule has 3 aromatic carbocycles. The molecule has 1 aromatic heterocycles.